The minimum atomic E-state index is -0.354. The van der Waals surface area contributed by atoms with E-state index in [2.05, 4.69) is 39.8 Å². The third-order valence-electron chi connectivity index (χ3n) is 5.86. The highest BCUT2D eigenvalue weighted by Crippen LogP contribution is 2.36. The summed E-state index contributed by atoms with van der Waals surface area (Å²) in [5.74, 6) is 0.254. The Kier molecular flexibility index (Phi) is 4.12. The summed E-state index contributed by atoms with van der Waals surface area (Å²) in [6.45, 7) is 4.05. The van der Waals surface area contributed by atoms with E-state index in [1.807, 2.05) is 0 Å². The molecule has 0 radical (unpaired) electrons. The molecule has 124 valence electrons. The van der Waals surface area contributed by atoms with Crippen molar-refractivity contribution < 1.29 is 4.79 Å². The van der Waals surface area contributed by atoms with Gasteiger partial charge in [-0.3, -0.25) is 9.69 Å². The van der Waals surface area contributed by atoms with Gasteiger partial charge < -0.3 is 10.6 Å². The molecule has 2 heterocycles. The Balaban J connectivity index is 1.60. The summed E-state index contributed by atoms with van der Waals surface area (Å²) in [6.07, 6.45) is 6.53. The van der Waals surface area contributed by atoms with Crippen LogP contribution >= 0.6 is 0 Å². The zero-order chi connectivity index (χ0) is 15.7. The van der Waals surface area contributed by atoms with E-state index < -0.39 is 0 Å². The first-order chi connectivity index (χ1) is 11.3. The van der Waals surface area contributed by atoms with Crippen LogP contribution in [0.2, 0.25) is 0 Å². The number of amides is 1. The van der Waals surface area contributed by atoms with Crippen molar-refractivity contribution in [1.82, 2.24) is 15.5 Å². The minimum absolute atomic E-state index is 0.254. The Bertz CT molecular complexity index is 549. The summed E-state index contributed by atoms with van der Waals surface area (Å²) in [7, 11) is 0. The van der Waals surface area contributed by atoms with Crippen molar-refractivity contribution in [3.05, 3.63) is 35.4 Å². The van der Waals surface area contributed by atoms with E-state index >= 15 is 0 Å². The van der Waals surface area contributed by atoms with Crippen LogP contribution in [0, 0.1) is 0 Å². The maximum Gasteiger partial charge on any atom is 0.241 e. The summed E-state index contributed by atoms with van der Waals surface area (Å²) < 4.78 is 0. The van der Waals surface area contributed by atoms with Crippen LogP contribution in [0.3, 0.4) is 0 Å². The number of likely N-dealkylation sites (tertiary alicyclic amines) is 1. The van der Waals surface area contributed by atoms with Crippen molar-refractivity contribution in [1.29, 1.82) is 0 Å². The van der Waals surface area contributed by atoms with Gasteiger partial charge in [-0.15, -0.1) is 0 Å². The van der Waals surface area contributed by atoms with Gasteiger partial charge in [-0.05, 0) is 50.0 Å². The standard InChI is InChI=1S/C19H27N3O/c23-18(21-17-8-9-20-14-17)19(22-10-4-1-5-11-22)12-15-6-2-3-7-16(15)13-19/h2-3,6-7,17,20H,1,4-5,8-14H2,(H,21,23)/t17-/m1/s1. The fourth-order valence-electron chi connectivity index (χ4n) is 4.54. The number of rotatable bonds is 3. The number of fused-ring (bicyclic) bond motifs is 1. The van der Waals surface area contributed by atoms with Gasteiger partial charge in [0.2, 0.25) is 5.91 Å². The summed E-state index contributed by atoms with van der Waals surface area (Å²) in [6, 6.07) is 8.90. The highest BCUT2D eigenvalue weighted by molar-refractivity contribution is 5.88. The van der Waals surface area contributed by atoms with E-state index in [0.717, 1.165) is 45.4 Å². The second kappa shape index (κ2) is 6.25. The Labute approximate surface area is 138 Å². The third-order valence-corrected chi connectivity index (χ3v) is 5.86. The Hall–Kier alpha value is -1.39. The van der Waals surface area contributed by atoms with E-state index in [-0.39, 0.29) is 11.4 Å². The Morgan fingerprint density at radius 3 is 2.43 bits per heavy atom. The molecule has 1 atom stereocenters. The smallest absolute Gasteiger partial charge is 0.241 e. The highest BCUT2D eigenvalue weighted by atomic mass is 16.2. The predicted molar refractivity (Wildman–Crippen MR) is 91.4 cm³/mol. The first kappa shape index (κ1) is 15.2. The average Bonchev–Trinajstić information content (AvgIpc) is 3.23. The molecular weight excluding hydrogens is 286 g/mol. The lowest BCUT2D eigenvalue weighted by Gasteiger charge is -2.42. The second-order valence-corrected chi connectivity index (χ2v) is 7.36. The molecule has 1 amide bonds. The quantitative estimate of drug-likeness (QED) is 0.889. The van der Waals surface area contributed by atoms with Gasteiger partial charge in [0.15, 0.2) is 0 Å². The number of nitrogens with one attached hydrogen (secondary N) is 2. The fraction of sp³-hybridized carbons (Fsp3) is 0.632. The molecule has 4 heteroatoms. The van der Waals surface area contributed by atoms with Crippen molar-refractivity contribution in [3.63, 3.8) is 0 Å². The molecule has 2 aliphatic heterocycles. The van der Waals surface area contributed by atoms with Gasteiger partial charge in [-0.2, -0.15) is 0 Å². The van der Waals surface area contributed by atoms with Crippen molar-refractivity contribution in [2.45, 2.75) is 50.1 Å². The van der Waals surface area contributed by atoms with Gasteiger partial charge in [-0.1, -0.05) is 30.7 Å². The number of hydrogen-bond acceptors (Lipinski definition) is 3. The fourth-order valence-corrected chi connectivity index (χ4v) is 4.54. The van der Waals surface area contributed by atoms with Crippen LogP contribution in [0.15, 0.2) is 24.3 Å². The molecule has 0 bridgehead atoms. The number of carbonyl (C=O) groups is 1. The molecule has 1 aliphatic carbocycles. The zero-order valence-corrected chi connectivity index (χ0v) is 13.8. The normalized spacial score (nSPS) is 26.9. The number of piperidine rings is 1. The molecule has 23 heavy (non-hydrogen) atoms. The van der Waals surface area contributed by atoms with Gasteiger partial charge in [0, 0.05) is 25.4 Å². The lowest BCUT2D eigenvalue weighted by Crippen LogP contribution is -2.62. The summed E-state index contributed by atoms with van der Waals surface area (Å²) in [5.41, 5.74) is 2.36. The largest absolute Gasteiger partial charge is 0.350 e. The minimum Gasteiger partial charge on any atom is -0.350 e. The Morgan fingerprint density at radius 1 is 1.13 bits per heavy atom. The number of carbonyl (C=O) groups excluding carboxylic acids is 1. The van der Waals surface area contributed by atoms with Crippen LogP contribution in [0.5, 0.6) is 0 Å². The Morgan fingerprint density at radius 2 is 1.83 bits per heavy atom. The summed E-state index contributed by atoms with van der Waals surface area (Å²) in [5, 5.41) is 6.70. The lowest BCUT2D eigenvalue weighted by molar-refractivity contribution is -0.134. The van der Waals surface area contributed by atoms with E-state index in [9.17, 15) is 4.79 Å². The zero-order valence-electron chi connectivity index (χ0n) is 13.8. The van der Waals surface area contributed by atoms with E-state index in [1.54, 1.807) is 0 Å². The van der Waals surface area contributed by atoms with Crippen LogP contribution in [-0.2, 0) is 17.6 Å². The number of nitrogens with zero attached hydrogens (tertiary/aromatic N) is 1. The molecule has 0 saturated carbocycles. The van der Waals surface area contributed by atoms with Gasteiger partial charge in [0.25, 0.3) is 0 Å². The van der Waals surface area contributed by atoms with Crippen LogP contribution in [-0.4, -0.2) is 48.6 Å². The topological polar surface area (TPSA) is 44.4 Å². The molecule has 0 spiro atoms. The molecule has 1 aromatic carbocycles. The first-order valence-corrected chi connectivity index (χ1v) is 9.11. The number of hydrogen-bond donors (Lipinski definition) is 2. The second-order valence-electron chi connectivity index (χ2n) is 7.36. The van der Waals surface area contributed by atoms with Crippen molar-refractivity contribution in [2.24, 2.45) is 0 Å². The third kappa shape index (κ3) is 2.79. The van der Waals surface area contributed by atoms with Gasteiger partial charge in [-0.25, -0.2) is 0 Å². The highest BCUT2D eigenvalue weighted by Gasteiger charge is 2.48. The summed E-state index contributed by atoms with van der Waals surface area (Å²) in [4.78, 5) is 15.8. The van der Waals surface area contributed by atoms with Crippen molar-refractivity contribution in [2.75, 3.05) is 26.2 Å². The van der Waals surface area contributed by atoms with Gasteiger partial charge in [0.1, 0.15) is 5.54 Å². The first-order valence-electron chi connectivity index (χ1n) is 9.11. The SMILES string of the molecule is O=C(N[C@@H]1CCNC1)C1(N2CCCCC2)Cc2ccccc2C1. The monoisotopic (exact) mass is 313 g/mol. The van der Waals surface area contributed by atoms with Crippen molar-refractivity contribution in [3.8, 4) is 0 Å². The molecule has 0 unspecified atom stereocenters. The maximum atomic E-state index is 13.3. The molecule has 1 aromatic rings. The lowest BCUT2D eigenvalue weighted by atomic mass is 9.89. The molecule has 2 N–H and O–H groups in total. The van der Waals surface area contributed by atoms with E-state index in [4.69, 9.17) is 0 Å². The molecular formula is C19H27N3O. The molecule has 0 aromatic heterocycles. The summed E-state index contributed by atoms with van der Waals surface area (Å²) >= 11 is 0. The molecule has 4 nitrogen and oxygen atoms in total. The maximum absolute atomic E-state index is 13.3. The average molecular weight is 313 g/mol. The van der Waals surface area contributed by atoms with Crippen LogP contribution in [0.4, 0.5) is 0 Å². The molecule has 2 saturated heterocycles. The van der Waals surface area contributed by atoms with Gasteiger partial charge >= 0.3 is 0 Å². The van der Waals surface area contributed by atoms with Crippen LogP contribution in [0.25, 0.3) is 0 Å². The van der Waals surface area contributed by atoms with Crippen molar-refractivity contribution >= 4 is 5.91 Å². The van der Waals surface area contributed by atoms with Gasteiger partial charge in [0.05, 0.1) is 0 Å². The molecule has 3 aliphatic rings. The van der Waals surface area contributed by atoms with Crippen LogP contribution in [0.1, 0.15) is 36.8 Å². The predicted octanol–water partition coefficient (Wildman–Crippen LogP) is 1.49. The van der Waals surface area contributed by atoms with E-state index in [1.165, 1.54) is 30.4 Å². The van der Waals surface area contributed by atoms with Crippen LogP contribution < -0.4 is 10.6 Å². The molecule has 4 rings (SSSR count). The number of benzene rings is 1. The molecule has 2 fully saturated rings. The van der Waals surface area contributed by atoms with E-state index in [0.29, 0.717) is 6.04 Å².